The summed E-state index contributed by atoms with van der Waals surface area (Å²) in [4.78, 5) is 13.5. The molecule has 0 aliphatic carbocycles. The third-order valence-corrected chi connectivity index (χ3v) is 4.59. The Bertz CT molecular complexity index is 313. The lowest BCUT2D eigenvalue weighted by Gasteiger charge is -2.04. The predicted molar refractivity (Wildman–Crippen MR) is 112 cm³/mol. The maximum Gasteiger partial charge on any atom is 0.234 e. The maximum atomic E-state index is 9.90. The Morgan fingerprint density at radius 1 is 0.750 bits per heavy atom. The summed E-state index contributed by atoms with van der Waals surface area (Å²) in [5.74, 6) is 0. The summed E-state index contributed by atoms with van der Waals surface area (Å²) in [5, 5.41) is 3.08. The molecule has 0 aliphatic heterocycles. The number of rotatable bonds is 18. The largest absolute Gasteiger partial charge is 0.371 e. The molecule has 0 atom stereocenters. The van der Waals surface area contributed by atoms with Crippen LogP contribution in [0.3, 0.4) is 0 Å². The summed E-state index contributed by atoms with van der Waals surface area (Å²) in [6, 6.07) is 0. The van der Waals surface area contributed by atoms with Crippen molar-refractivity contribution in [2.45, 2.75) is 96.3 Å². The van der Waals surface area contributed by atoms with Crippen LogP contribution in [0.1, 0.15) is 96.3 Å². The van der Waals surface area contributed by atoms with Crippen molar-refractivity contribution in [1.82, 2.24) is 5.32 Å². The van der Waals surface area contributed by atoms with Gasteiger partial charge in [-0.25, -0.2) is 9.79 Å². The van der Waals surface area contributed by atoms with Gasteiger partial charge in [0.15, 0.2) is 0 Å². The normalized spacial score (nSPS) is 10.4. The lowest BCUT2D eigenvalue weighted by molar-refractivity contribution is 0.530. The highest BCUT2D eigenvalue weighted by molar-refractivity contribution is 8.11. The van der Waals surface area contributed by atoms with Gasteiger partial charge in [0, 0.05) is 6.54 Å². The fourth-order valence-corrected chi connectivity index (χ4v) is 3.07. The maximum absolute atomic E-state index is 9.90. The van der Waals surface area contributed by atoms with Crippen LogP contribution in [0.15, 0.2) is 4.99 Å². The highest BCUT2D eigenvalue weighted by Gasteiger charge is 1.95. The molecule has 0 saturated heterocycles. The Kier molecular flexibility index (Phi) is 20.3. The van der Waals surface area contributed by atoms with Crippen LogP contribution >= 0.6 is 24.8 Å². The van der Waals surface area contributed by atoms with Crippen LogP contribution in [0.5, 0.6) is 0 Å². The zero-order valence-electron chi connectivity index (χ0n) is 15.2. The second-order valence-electron chi connectivity index (χ2n) is 6.51. The number of hydrogen-bond acceptors (Lipinski definition) is 3. The van der Waals surface area contributed by atoms with Crippen LogP contribution < -0.4 is 5.32 Å². The van der Waals surface area contributed by atoms with Gasteiger partial charge in [-0.3, -0.25) is 0 Å². The van der Waals surface area contributed by atoms with Crippen LogP contribution in [0.2, 0.25) is 0 Å². The standard InChI is InChI=1S/C19H36N2OS2/c22-18-20-16-14-12-10-8-6-4-2-1-3-5-7-9-11-13-15-17-21-19(23)24/h1-17H2,(H2,21,23,24). The van der Waals surface area contributed by atoms with E-state index in [1.807, 2.05) is 0 Å². The number of nitrogens with one attached hydrogen (secondary N) is 1. The second kappa shape index (κ2) is 20.7. The number of carbonyl (C=O) groups excluding carboxylic acids is 1. The van der Waals surface area contributed by atoms with Gasteiger partial charge in [0.05, 0.1) is 6.54 Å². The summed E-state index contributed by atoms with van der Waals surface area (Å²) < 4.78 is 0.610. The lowest BCUT2D eigenvalue weighted by atomic mass is 10.0. The van der Waals surface area contributed by atoms with Gasteiger partial charge in [0.25, 0.3) is 0 Å². The fourth-order valence-electron chi connectivity index (χ4n) is 2.85. The first-order valence-electron chi connectivity index (χ1n) is 9.78. The molecule has 0 amide bonds. The molecule has 0 unspecified atom stereocenters. The van der Waals surface area contributed by atoms with E-state index < -0.39 is 0 Å². The van der Waals surface area contributed by atoms with Gasteiger partial charge < -0.3 is 5.32 Å². The molecule has 3 nitrogen and oxygen atoms in total. The molecule has 0 aliphatic rings. The molecule has 0 aromatic carbocycles. The highest BCUT2D eigenvalue weighted by Crippen LogP contribution is 2.13. The van der Waals surface area contributed by atoms with E-state index in [0.29, 0.717) is 10.9 Å². The SMILES string of the molecule is O=C=NCCCCCCCCCCCCCCCCCNC(=S)S. The minimum Gasteiger partial charge on any atom is -0.371 e. The molecule has 5 heteroatoms. The van der Waals surface area contributed by atoms with Crippen molar-refractivity contribution in [3.05, 3.63) is 0 Å². The molecule has 140 valence electrons. The molecule has 0 aromatic rings. The van der Waals surface area contributed by atoms with E-state index in [1.54, 1.807) is 6.08 Å². The third kappa shape index (κ3) is 21.6. The molecule has 0 bridgehead atoms. The van der Waals surface area contributed by atoms with Crippen molar-refractivity contribution >= 4 is 35.2 Å². The summed E-state index contributed by atoms with van der Waals surface area (Å²) >= 11 is 8.89. The van der Waals surface area contributed by atoms with Gasteiger partial charge in [-0.05, 0) is 12.8 Å². The van der Waals surface area contributed by atoms with Crippen LogP contribution in [0, 0.1) is 0 Å². The predicted octanol–water partition coefficient (Wildman–Crippen LogP) is 5.98. The van der Waals surface area contributed by atoms with Gasteiger partial charge >= 0.3 is 0 Å². The molecule has 0 saturated carbocycles. The average molecular weight is 373 g/mol. The molecule has 0 aromatic heterocycles. The van der Waals surface area contributed by atoms with Gasteiger partial charge in [-0.1, -0.05) is 95.7 Å². The first kappa shape index (κ1) is 23.6. The van der Waals surface area contributed by atoms with Crippen LogP contribution in [0.25, 0.3) is 0 Å². The molecular formula is C19H36N2OS2. The Morgan fingerprint density at radius 2 is 1.12 bits per heavy atom. The van der Waals surface area contributed by atoms with Gasteiger partial charge in [0.2, 0.25) is 6.08 Å². The Balaban J connectivity index is 3.00. The number of nitrogens with zero attached hydrogens (tertiary/aromatic N) is 1. The molecular weight excluding hydrogens is 336 g/mol. The van der Waals surface area contributed by atoms with Crippen molar-refractivity contribution in [3.8, 4) is 0 Å². The fraction of sp³-hybridized carbons (Fsp3) is 0.895. The zero-order valence-corrected chi connectivity index (χ0v) is 16.9. The number of unbranched alkanes of at least 4 members (excludes halogenated alkanes) is 14. The van der Waals surface area contributed by atoms with Crippen LogP contribution in [-0.4, -0.2) is 23.5 Å². The topological polar surface area (TPSA) is 41.5 Å². The summed E-state index contributed by atoms with van der Waals surface area (Å²) in [6.07, 6.45) is 21.4. The minimum atomic E-state index is 0.610. The lowest BCUT2D eigenvalue weighted by Crippen LogP contribution is -2.17. The molecule has 1 N–H and O–H groups in total. The number of isocyanates is 1. The van der Waals surface area contributed by atoms with E-state index in [1.165, 1.54) is 89.9 Å². The van der Waals surface area contributed by atoms with Gasteiger partial charge in [-0.2, -0.15) is 0 Å². The number of thiocarbonyl (C=S) groups is 1. The zero-order chi connectivity index (χ0) is 17.7. The number of thiol groups is 1. The smallest absolute Gasteiger partial charge is 0.234 e. The minimum absolute atomic E-state index is 0.610. The van der Waals surface area contributed by atoms with Crippen LogP contribution in [0.4, 0.5) is 0 Å². The molecule has 24 heavy (non-hydrogen) atoms. The molecule has 0 rings (SSSR count). The summed E-state index contributed by atoms with van der Waals surface area (Å²) in [7, 11) is 0. The van der Waals surface area contributed by atoms with E-state index in [4.69, 9.17) is 12.2 Å². The van der Waals surface area contributed by atoms with E-state index >= 15 is 0 Å². The summed E-state index contributed by atoms with van der Waals surface area (Å²) in [5.41, 5.74) is 0. The van der Waals surface area contributed by atoms with E-state index in [2.05, 4.69) is 22.9 Å². The Hall–Kier alpha value is -0.380. The van der Waals surface area contributed by atoms with Crippen LogP contribution in [-0.2, 0) is 4.79 Å². The van der Waals surface area contributed by atoms with E-state index in [-0.39, 0.29) is 0 Å². The first-order valence-corrected chi connectivity index (χ1v) is 10.6. The van der Waals surface area contributed by atoms with Crippen molar-refractivity contribution in [1.29, 1.82) is 0 Å². The second-order valence-corrected chi connectivity index (χ2v) is 7.67. The Morgan fingerprint density at radius 3 is 1.50 bits per heavy atom. The molecule has 0 heterocycles. The van der Waals surface area contributed by atoms with E-state index in [9.17, 15) is 4.79 Å². The summed E-state index contributed by atoms with van der Waals surface area (Å²) in [6.45, 7) is 1.62. The van der Waals surface area contributed by atoms with Crippen molar-refractivity contribution in [3.63, 3.8) is 0 Å². The van der Waals surface area contributed by atoms with Crippen molar-refractivity contribution in [2.75, 3.05) is 13.1 Å². The van der Waals surface area contributed by atoms with Crippen molar-refractivity contribution < 1.29 is 4.79 Å². The van der Waals surface area contributed by atoms with Gasteiger partial charge in [-0.15, -0.1) is 12.6 Å². The molecule has 0 fully saturated rings. The highest BCUT2D eigenvalue weighted by atomic mass is 32.1. The molecule has 0 spiro atoms. The Labute approximate surface area is 159 Å². The monoisotopic (exact) mass is 372 g/mol. The van der Waals surface area contributed by atoms with E-state index in [0.717, 1.165) is 13.0 Å². The number of aliphatic imine (C=N–C) groups is 1. The van der Waals surface area contributed by atoms with Crippen molar-refractivity contribution in [2.24, 2.45) is 4.99 Å². The van der Waals surface area contributed by atoms with Gasteiger partial charge in [0.1, 0.15) is 4.32 Å². The third-order valence-electron chi connectivity index (χ3n) is 4.29. The first-order chi connectivity index (χ1) is 11.8. The quantitative estimate of drug-likeness (QED) is 0.102. The average Bonchev–Trinajstić information content (AvgIpc) is 2.56. The number of hydrogen-bond donors (Lipinski definition) is 2. The molecule has 0 radical (unpaired) electrons.